The molecule has 1 unspecified atom stereocenters. The van der Waals surface area contributed by atoms with Crippen LogP contribution < -0.4 is 0 Å². The maximum Gasteiger partial charge on any atom is 0.352 e. The molecule has 2 rings (SSSR count). The minimum atomic E-state index is -1.31. The van der Waals surface area contributed by atoms with Gasteiger partial charge >= 0.3 is 11.9 Å². The van der Waals surface area contributed by atoms with Gasteiger partial charge in [-0.15, -0.1) is 11.8 Å². The molecule has 1 saturated heterocycles. The number of hydrogen-bond donors (Lipinski definition) is 1. The van der Waals surface area contributed by atoms with Crippen molar-refractivity contribution in [3.8, 4) is 0 Å². The van der Waals surface area contributed by atoms with Crippen LogP contribution in [-0.2, 0) is 19.1 Å². The standard InChI is InChI=1S/C17H20BrClN2O5S/c1-3-4-5-6-7-12(19)20-17(18)15(25)21-13(14(23)24)11(8-26-10(2)22)9-27-16(17)21/h6-7,16H,3-5,8-9H2,1-2H3,(H,23,24)/t16-,17?/m1/s1. The third-order valence-corrected chi connectivity index (χ3v) is 6.82. The zero-order valence-electron chi connectivity index (χ0n) is 14.9. The van der Waals surface area contributed by atoms with E-state index >= 15 is 0 Å². The number of fused-ring (bicyclic) bond motifs is 1. The van der Waals surface area contributed by atoms with Gasteiger partial charge in [0.25, 0.3) is 5.91 Å². The fourth-order valence-electron chi connectivity index (χ4n) is 2.66. The molecule has 2 aliphatic rings. The third-order valence-electron chi connectivity index (χ3n) is 3.97. The van der Waals surface area contributed by atoms with E-state index in [4.69, 9.17) is 16.3 Å². The van der Waals surface area contributed by atoms with Crippen molar-refractivity contribution >= 4 is 62.3 Å². The predicted octanol–water partition coefficient (Wildman–Crippen LogP) is 3.28. The number of rotatable bonds is 8. The summed E-state index contributed by atoms with van der Waals surface area (Å²) in [5, 5.41) is 9.17. The van der Waals surface area contributed by atoms with Gasteiger partial charge in [0, 0.05) is 18.2 Å². The van der Waals surface area contributed by atoms with Crippen molar-refractivity contribution in [3.63, 3.8) is 0 Å². The second kappa shape index (κ2) is 9.25. The molecule has 27 heavy (non-hydrogen) atoms. The van der Waals surface area contributed by atoms with Crippen molar-refractivity contribution in [3.05, 3.63) is 23.4 Å². The fourth-order valence-corrected chi connectivity index (χ4v) is 5.27. The molecule has 0 aromatic rings. The Morgan fingerprint density at radius 2 is 2.26 bits per heavy atom. The average molecular weight is 480 g/mol. The van der Waals surface area contributed by atoms with Gasteiger partial charge in [-0.2, -0.15) is 0 Å². The summed E-state index contributed by atoms with van der Waals surface area (Å²) in [5.74, 6) is -1.98. The van der Waals surface area contributed by atoms with E-state index in [-0.39, 0.29) is 17.5 Å². The Bertz CT molecular complexity index is 739. The lowest BCUT2D eigenvalue weighted by molar-refractivity contribution is -0.149. The molecule has 0 saturated carbocycles. The first-order valence-corrected chi connectivity index (χ1v) is 10.6. The summed E-state index contributed by atoms with van der Waals surface area (Å²) in [4.78, 5) is 40.8. The maximum absolute atomic E-state index is 12.7. The van der Waals surface area contributed by atoms with E-state index in [9.17, 15) is 19.5 Å². The fraction of sp³-hybridized carbons (Fsp3) is 0.529. The number of nitrogens with zero attached hydrogens (tertiary/aromatic N) is 2. The van der Waals surface area contributed by atoms with E-state index in [1.807, 2.05) is 6.08 Å². The predicted molar refractivity (Wildman–Crippen MR) is 108 cm³/mol. The van der Waals surface area contributed by atoms with Crippen LogP contribution in [0.4, 0.5) is 0 Å². The van der Waals surface area contributed by atoms with E-state index in [1.54, 1.807) is 6.08 Å². The molecule has 0 aromatic heterocycles. The van der Waals surface area contributed by atoms with Gasteiger partial charge in [0.2, 0.25) is 4.45 Å². The lowest BCUT2D eigenvalue weighted by Crippen LogP contribution is -2.70. The summed E-state index contributed by atoms with van der Waals surface area (Å²) < 4.78 is 3.60. The Hall–Kier alpha value is -1.32. The number of esters is 1. The average Bonchev–Trinajstić information content (AvgIpc) is 2.62. The number of unbranched alkanes of at least 4 members (excludes halogenated alkanes) is 2. The van der Waals surface area contributed by atoms with Crippen molar-refractivity contribution in [2.45, 2.75) is 42.9 Å². The second-order valence-electron chi connectivity index (χ2n) is 6.03. The van der Waals surface area contributed by atoms with Gasteiger partial charge in [0.1, 0.15) is 22.8 Å². The molecule has 2 atom stereocenters. The van der Waals surface area contributed by atoms with Gasteiger partial charge < -0.3 is 9.84 Å². The van der Waals surface area contributed by atoms with Crippen molar-refractivity contribution < 1.29 is 24.2 Å². The van der Waals surface area contributed by atoms with Crippen molar-refractivity contribution in [2.75, 3.05) is 12.4 Å². The van der Waals surface area contributed by atoms with E-state index in [0.717, 1.165) is 19.3 Å². The SMILES string of the molecule is CCCCC=CC(Cl)=NC1(Br)C(=O)N2C(C(=O)O)=C(COC(C)=O)CS[C@@H]21. The van der Waals surface area contributed by atoms with E-state index in [0.29, 0.717) is 11.3 Å². The Morgan fingerprint density at radius 1 is 1.56 bits per heavy atom. The summed E-state index contributed by atoms with van der Waals surface area (Å²) >= 11 is 10.8. The van der Waals surface area contributed by atoms with E-state index in [1.165, 1.54) is 23.6 Å². The number of carbonyl (C=O) groups excluding carboxylic acids is 2. The largest absolute Gasteiger partial charge is 0.477 e. The molecule has 2 aliphatic heterocycles. The maximum atomic E-state index is 12.7. The first kappa shape index (κ1) is 22.0. The van der Waals surface area contributed by atoms with Crippen LogP contribution in [0.2, 0.25) is 0 Å². The number of carboxylic acid groups (broad SMARTS) is 1. The van der Waals surface area contributed by atoms with Crippen LogP contribution in [0.15, 0.2) is 28.4 Å². The van der Waals surface area contributed by atoms with E-state index < -0.39 is 27.7 Å². The molecule has 2 heterocycles. The Kier molecular flexibility index (Phi) is 7.53. The Morgan fingerprint density at radius 3 is 2.85 bits per heavy atom. The number of β-lactam (4-membered cyclic amide) rings is 1. The highest BCUT2D eigenvalue weighted by Crippen LogP contribution is 2.51. The monoisotopic (exact) mass is 478 g/mol. The highest BCUT2D eigenvalue weighted by atomic mass is 79.9. The van der Waals surface area contributed by atoms with Crippen LogP contribution in [0, 0.1) is 0 Å². The zero-order chi connectivity index (χ0) is 20.2. The summed E-state index contributed by atoms with van der Waals surface area (Å²) in [7, 11) is 0. The number of aliphatic carboxylic acids is 1. The molecule has 0 radical (unpaired) electrons. The molecule has 7 nitrogen and oxygen atoms in total. The van der Waals surface area contributed by atoms with Crippen LogP contribution in [0.5, 0.6) is 0 Å². The van der Waals surface area contributed by atoms with Crippen LogP contribution >= 0.6 is 39.3 Å². The van der Waals surface area contributed by atoms with Crippen LogP contribution in [0.1, 0.15) is 33.1 Å². The number of carbonyl (C=O) groups is 3. The number of aliphatic imine (C=N–C) groups is 1. The lowest BCUT2D eigenvalue weighted by atomic mass is 10.0. The summed E-state index contributed by atoms with van der Waals surface area (Å²) in [5.41, 5.74) is 0.210. The van der Waals surface area contributed by atoms with E-state index in [2.05, 4.69) is 27.8 Å². The first-order chi connectivity index (χ1) is 12.7. The molecular weight excluding hydrogens is 460 g/mol. The van der Waals surface area contributed by atoms with Gasteiger partial charge in [0.05, 0.1) is 0 Å². The van der Waals surface area contributed by atoms with Crippen molar-refractivity contribution in [1.82, 2.24) is 4.90 Å². The lowest BCUT2D eigenvalue weighted by Gasteiger charge is -2.52. The van der Waals surface area contributed by atoms with Gasteiger partial charge in [-0.1, -0.05) is 37.4 Å². The Balaban J connectivity index is 2.21. The van der Waals surface area contributed by atoms with Crippen LogP contribution in [0.25, 0.3) is 0 Å². The highest BCUT2D eigenvalue weighted by Gasteiger charge is 2.64. The summed E-state index contributed by atoms with van der Waals surface area (Å²) in [6.07, 6.45) is 6.49. The normalized spacial score (nSPS) is 25.5. The molecule has 0 aromatic carbocycles. The molecule has 0 bridgehead atoms. The molecule has 1 amide bonds. The number of hydrogen-bond acceptors (Lipinski definition) is 6. The van der Waals surface area contributed by atoms with Crippen molar-refractivity contribution in [2.24, 2.45) is 4.99 Å². The number of allylic oxidation sites excluding steroid dienone is 2. The number of halogens is 2. The summed E-state index contributed by atoms with van der Waals surface area (Å²) in [6.45, 7) is 3.16. The molecular formula is C17H20BrClN2O5S. The zero-order valence-corrected chi connectivity index (χ0v) is 18.1. The van der Waals surface area contributed by atoms with Gasteiger partial charge in [0.15, 0.2) is 0 Å². The minimum Gasteiger partial charge on any atom is -0.477 e. The first-order valence-electron chi connectivity index (χ1n) is 8.37. The number of carboxylic acids is 1. The van der Waals surface area contributed by atoms with Gasteiger partial charge in [-0.05, 0) is 28.4 Å². The number of ether oxygens (including phenoxy) is 1. The van der Waals surface area contributed by atoms with Gasteiger partial charge in [-0.25, -0.2) is 9.79 Å². The molecule has 1 fully saturated rings. The molecule has 10 heteroatoms. The smallest absolute Gasteiger partial charge is 0.352 e. The topological polar surface area (TPSA) is 96.3 Å². The molecule has 0 spiro atoms. The number of amides is 1. The Labute approximate surface area is 175 Å². The molecule has 148 valence electrons. The van der Waals surface area contributed by atoms with Gasteiger partial charge in [-0.3, -0.25) is 14.5 Å². The molecule has 1 N–H and O–H groups in total. The van der Waals surface area contributed by atoms with Crippen molar-refractivity contribution in [1.29, 1.82) is 0 Å². The number of alkyl halides is 1. The van der Waals surface area contributed by atoms with Crippen LogP contribution in [-0.4, -0.2) is 55.2 Å². The minimum absolute atomic E-state index is 0.162. The van der Waals surface area contributed by atoms with Crippen LogP contribution in [0.3, 0.4) is 0 Å². The third kappa shape index (κ3) is 4.75. The highest BCUT2D eigenvalue weighted by molar-refractivity contribution is 9.10. The quantitative estimate of drug-likeness (QED) is 0.143. The molecule has 0 aliphatic carbocycles. The summed E-state index contributed by atoms with van der Waals surface area (Å²) in [6, 6.07) is 0. The second-order valence-corrected chi connectivity index (χ2v) is 8.69. The number of thioether (sulfide) groups is 1.